The number of aromatic nitrogens is 2. The summed E-state index contributed by atoms with van der Waals surface area (Å²) < 4.78 is 5.51. The van der Waals surface area contributed by atoms with Gasteiger partial charge in [-0.2, -0.15) is 0 Å². The molecule has 25 heavy (non-hydrogen) atoms. The number of hydrogen-bond acceptors (Lipinski definition) is 6. The molecule has 0 unspecified atom stereocenters. The molecule has 0 aliphatic heterocycles. The summed E-state index contributed by atoms with van der Waals surface area (Å²) in [5.74, 6) is 0.482. The third kappa shape index (κ3) is 4.87. The van der Waals surface area contributed by atoms with E-state index in [1.165, 1.54) is 17.3 Å². The molecule has 0 radical (unpaired) electrons. The normalized spacial score (nSPS) is 10.6. The van der Waals surface area contributed by atoms with Crippen LogP contribution in [0.1, 0.15) is 5.56 Å². The lowest BCUT2D eigenvalue weighted by Gasteiger charge is -2.02. The predicted octanol–water partition coefficient (Wildman–Crippen LogP) is 4.50. The monoisotopic (exact) mass is 371 g/mol. The van der Waals surface area contributed by atoms with Crippen LogP contribution in [-0.4, -0.2) is 28.1 Å². The summed E-state index contributed by atoms with van der Waals surface area (Å²) in [6.45, 7) is 2.03. The van der Waals surface area contributed by atoms with Crippen molar-refractivity contribution in [2.24, 2.45) is 0 Å². The summed E-state index contributed by atoms with van der Waals surface area (Å²) in [5.41, 5.74) is 2.01. The van der Waals surface area contributed by atoms with Crippen molar-refractivity contribution in [1.29, 1.82) is 0 Å². The number of aryl methyl sites for hydroxylation is 1. The van der Waals surface area contributed by atoms with Crippen molar-refractivity contribution in [3.05, 3.63) is 54.1 Å². The molecule has 128 valence electrons. The van der Waals surface area contributed by atoms with Crippen molar-refractivity contribution in [1.82, 2.24) is 10.2 Å². The highest BCUT2D eigenvalue weighted by molar-refractivity contribution is 8.00. The Bertz CT molecular complexity index is 846. The molecule has 7 heteroatoms. The molecular weight excluding hydrogens is 354 g/mol. The third-order valence-electron chi connectivity index (χ3n) is 3.40. The van der Waals surface area contributed by atoms with Gasteiger partial charge in [-0.1, -0.05) is 22.8 Å². The van der Waals surface area contributed by atoms with Crippen molar-refractivity contribution in [2.75, 3.05) is 17.3 Å². The van der Waals surface area contributed by atoms with Crippen molar-refractivity contribution < 1.29 is 9.21 Å². The van der Waals surface area contributed by atoms with E-state index in [1.54, 1.807) is 11.8 Å². The van der Waals surface area contributed by atoms with Gasteiger partial charge in [0, 0.05) is 15.4 Å². The van der Waals surface area contributed by atoms with E-state index in [-0.39, 0.29) is 17.7 Å². The SMILES string of the molecule is CSc1ccc(-c2nnc(NC(=O)CSc3ccc(C)cc3)o2)cc1. The van der Waals surface area contributed by atoms with E-state index in [9.17, 15) is 4.79 Å². The van der Waals surface area contributed by atoms with Gasteiger partial charge >= 0.3 is 6.01 Å². The Morgan fingerprint density at radius 1 is 1.04 bits per heavy atom. The van der Waals surface area contributed by atoms with E-state index in [4.69, 9.17) is 4.42 Å². The molecule has 0 saturated carbocycles. The van der Waals surface area contributed by atoms with E-state index in [0.29, 0.717) is 5.89 Å². The third-order valence-corrected chi connectivity index (χ3v) is 5.15. The number of benzene rings is 2. The number of thioether (sulfide) groups is 2. The fourth-order valence-electron chi connectivity index (χ4n) is 2.06. The highest BCUT2D eigenvalue weighted by atomic mass is 32.2. The fourth-order valence-corrected chi connectivity index (χ4v) is 3.17. The summed E-state index contributed by atoms with van der Waals surface area (Å²) in [5, 5.41) is 10.5. The topological polar surface area (TPSA) is 68.0 Å². The van der Waals surface area contributed by atoms with E-state index in [2.05, 4.69) is 15.5 Å². The van der Waals surface area contributed by atoms with Crippen LogP contribution in [0.3, 0.4) is 0 Å². The Morgan fingerprint density at radius 2 is 1.72 bits per heavy atom. The van der Waals surface area contributed by atoms with Crippen LogP contribution in [0.25, 0.3) is 11.5 Å². The van der Waals surface area contributed by atoms with E-state index < -0.39 is 0 Å². The first-order valence-electron chi connectivity index (χ1n) is 7.61. The average molecular weight is 371 g/mol. The number of nitrogens with one attached hydrogen (secondary N) is 1. The van der Waals surface area contributed by atoms with Crippen LogP contribution >= 0.6 is 23.5 Å². The molecule has 1 amide bonds. The van der Waals surface area contributed by atoms with Crippen LogP contribution in [0.5, 0.6) is 0 Å². The van der Waals surface area contributed by atoms with Gasteiger partial charge in [0.05, 0.1) is 5.75 Å². The molecule has 1 heterocycles. The molecule has 1 aromatic heterocycles. The molecule has 0 aliphatic carbocycles. The maximum absolute atomic E-state index is 12.0. The smallest absolute Gasteiger partial charge is 0.322 e. The Kier molecular flexibility index (Phi) is 5.78. The second kappa shape index (κ2) is 8.22. The minimum atomic E-state index is -0.182. The largest absolute Gasteiger partial charge is 0.403 e. The number of rotatable bonds is 6. The average Bonchev–Trinajstić information content (AvgIpc) is 3.10. The van der Waals surface area contributed by atoms with Crippen LogP contribution in [0.4, 0.5) is 6.01 Å². The maximum Gasteiger partial charge on any atom is 0.322 e. The van der Waals surface area contributed by atoms with Crippen LogP contribution in [-0.2, 0) is 4.79 Å². The fraction of sp³-hybridized carbons (Fsp3) is 0.167. The van der Waals surface area contributed by atoms with Crippen molar-refractivity contribution in [2.45, 2.75) is 16.7 Å². The van der Waals surface area contributed by atoms with Crippen LogP contribution in [0.2, 0.25) is 0 Å². The molecule has 0 bridgehead atoms. The Morgan fingerprint density at radius 3 is 2.40 bits per heavy atom. The maximum atomic E-state index is 12.0. The molecule has 0 saturated heterocycles. The molecule has 2 aromatic carbocycles. The van der Waals surface area contributed by atoms with Crippen LogP contribution in [0, 0.1) is 6.92 Å². The Balaban J connectivity index is 1.56. The molecule has 1 N–H and O–H groups in total. The molecule has 3 aromatic rings. The zero-order valence-corrected chi connectivity index (χ0v) is 15.5. The minimum Gasteiger partial charge on any atom is -0.403 e. The van der Waals surface area contributed by atoms with Gasteiger partial charge in [0.2, 0.25) is 11.8 Å². The number of carbonyl (C=O) groups is 1. The molecule has 0 aliphatic rings. The van der Waals surface area contributed by atoms with Gasteiger partial charge in [-0.05, 0) is 49.6 Å². The summed E-state index contributed by atoms with van der Waals surface area (Å²) >= 11 is 3.12. The zero-order valence-electron chi connectivity index (χ0n) is 13.9. The highest BCUT2D eigenvalue weighted by Crippen LogP contribution is 2.23. The number of carbonyl (C=O) groups excluding carboxylic acids is 1. The molecule has 3 rings (SSSR count). The van der Waals surface area contributed by atoms with Gasteiger partial charge in [-0.3, -0.25) is 10.1 Å². The molecule has 0 spiro atoms. The van der Waals surface area contributed by atoms with E-state index in [1.807, 2.05) is 61.7 Å². The van der Waals surface area contributed by atoms with Gasteiger partial charge in [0.25, 0.3) is 0 Å². The first-order chi connectivity index (χ1) is 12.1. The standard InChI is InChI=1S/C18H17N3O2S2/c1-12-3-7-15(8-4-12)25-11-16(22)19-18-21-20-17(23-18)13-5-9-14(24-2)10-6-13/h3-10H,11H2,1-2H3,(H,19,21,22). The van der Waals surface area contributed by atoms with Gasteiger partial charge in [0.1, 0.15) is 0 Å². The van der Waals surface area contributed by atoms with Crippen LogP contribution < -0.4 is 5.32 Å². The van der Waals surface area contributed by atoms with E-state index >= 15 is 0 Å². The van der Waals surface area contributed by atoms with Gasteiger partial charge in [-0.25, -0.2) is 0 Å². The van der Waals surface area contributed by atoms with Crippen molar-refractivity contribution in [3.8, 4) is 11.5 Å². The summed E-state index contributed by atoms with van der Waals surface area (Å²) in [6, 6.07) is 15.9. The van der Waals surface area contributed by atoms with Gasteiger partial charge in [0.15, 0.2) is 0 Å². The minimum absolute atomic E-state index is 0.110. The van der Waals surface area contributed by atoms with Crippen molar-refractivity contribution >= 4 is 35.4 Å². The number of anilines is 1. The molecule has 0 fully saturated rings. The zero-order chi connectivity index (χ0) is 17.6. The Labute approximate surface area is 154 Å². The van der Waals surface area contributed by atoms with Gasteiger partial charge in [-0.15, -0.1) is 28.6 Å². The lowest BCUT2D eigenvalue weighted by molar-refractivity contribution is -0.113. The van der Waals surface area contributed by atoms with Crippen molar-refractivity contribution in [3.63, 3.8) is 0 Å². The first kappa shape index (κ1) is 17.6. The Hall–Kier alpha value is -2.25. The van der Waals surface area contributed by atoms with Crippen LogP contribution in [0.15, 0.2) is 62.7 Å². The summed E-state index contributed by atoms with van der Waals surface area (Å²) in [6.07, 6.45) is 2.02. The lowest BCUT2D eigenvalue weighted by Crippen LogP contribution is -2.14. The summed E-state index contributed by atoms with van der Waals surface area (Å²) in [4.78, 5) is 14.2. The number of amides is 1. The lowest BCUT2D eigenvalue weighted by atomic mass is 10.2. The predicted molar refractivity (Wildman–Crippen MR) is 102 cm³/mol. The molecule has 5 nitrogen and oxygen atoms in total. The molecular formula is C18H17N3O2S2. The molecule has 0 atom stereocenters. The summed E-state index contributed by atoms with van der Waals surface area (Å²) in [7, 11) is 0. The second-order valence-electron chi connectivity index (χ2n) is 5.29. The quantitative estimate of drug-likeness (QED) is 0.644. The number of hydrogen-bond donors (Lipinski definition) is 1. The second-order valence-corrected chi connectivity index (χ2v) is 7.22. The first-order valence-corrected chi connectivity index (χ1v) is 9.82. The van der Waals surface area contributed by atoms with E-state index in [0.717, 1.165) is 15.4 Å². The van der Waals surface area contributed by atoms with Gasteiger partial charge < -0.3 is 4.42 Å². The number of nitrogens with zero attached hydrogens (tertiary/aromatic N) is 2. The highest BCUT2D eigenvalue weighted by Gasteiger charge is 2.11.